The normalized spacial score (nSPS) is 10.8. The average molecular weight is 253 g/mol. The highest BCUT2D eigenvalue weighted by molar-refractivity contribution is 5.65. The van der Waals surface area contributed by atoms with Crippen LogP contribution in [0.3, 0.4) is 0 Å². The summed E-state index contributed by atoms with van der Waals surface area (Å²) >= 11 is 0. The summed E-state index contributed by atoms with van der Waals surface area (Å²) in [5.74, 6) is 1.53. The molecule has 1 aromatic carbocycles. The van der Waals surface area contributed by atoms with E-state index in [0.717, 1.165) is 30.0 Å². The fraction of sp³-hybridized carbons (Fsp3) is 0.214. The molecule has 0 bridgehead atoms. The van der Waals surface area contributed by atoms with Gasteiger partial charge in [0, 0.05) is 18.2 Å². The third kappa shape index (κ3) is 2.27. The predicted molar refractivity (Wildman–Crippen MR) is 75.0 cm³/mol. The molecule has 0 spiro atoms. The van der Waals surface area contributed by atoms with Gasteiger partial charge in [-0.1, -0.05) is 37.3 Å². The summed E-state index contributed by atoms with van der Waals surface area (Å²) in [7, 11) is 0. The zero-order chi connectivity index (χ0) is 13.1. The number of nitrogens with one attached hydrogen (secondary N) is 1. The number of nitrogens with zero attached hydrogens (tertiary/aromatic N) is 4. The molecule has 0 saturated heterocycles. The van der Waals surface area contributed by atoms with Gasteiger partial charge in [0.25, 0.3) is 5.78 Å². The summed E-state index contributed by atoms with van der Waals surface area (Å²) in [6.45, 7) is 3.03. The number of anilines is 1. The van der Waals surface area contributed by atoms with E-state index in [4.69, 9.17) is 0 Å². The first-order valence-corrected chi connectivity index (χ1v) is 6.38. The lowest BCUT2D eigenvalue weighted by Gasteiger charge is -2.08. The second kappa shape index (κ2) is 5.06. The van der Waals surface area contributed by atoms with Crippen LogP contribution >= 0.6 is 0 Å². The fourth-order valence-corrected chi connectivity index (χ4v) is 1.95. The standard InChI is InChI=1S/C14H15N5/c1-2-8-15-13-9-12(11-6-4-3-5-7-11)18-14-16-10-17-19(13)14/h3-7,9-10,15H,2,8H2,1H3. The molecule has 0 radical (unpaired) electrons. The molecule has 0 aliphatic carbocycles. The molecule has 2 aromatic heterocycles. The quantitative estimate of drug-likeness (QED) is 0.776. The minimum atomic E-state index is 0.611. The highest BCUT2D eigenvalue weighted by Crippen LogP contribution is 2.20. The van der Waals surface area contributed by atoms with Gasteiger partial charge in [-0.25, -0.2) is 4.98 Å². The Bertz CT molecular complexity index is 675. The number of hydrogen-bond acceptors (Lipinski definition) is 4. The number of benzene rings is 1. The molecule has 2 heterocycles. The molecule has 1 N–H and O–H groups in total. The van der Waals surface area contributed by atoms with Crippen molar-refractivity contribution in [2.75, 3.05) is 11.9 Å². The number of hydrogen-bond donors (Lipinski definition) is 1. The maximum atomic E-state index is 4.52. The van der Waals surface area contributed by atoms with Gasteiger partial charge in [0.05, 0.1) is 5.69 Å². The van der Waals surface area contributed by atoms with Crippen LogP contribution in [0.2, 0.25) is 0 Å². The Morgan fingerprint density at radius 3 is 2.84 bits per heavy atom. The molecule has 0 saturated carbocycles. The lowest BCUT2D eigenvalue weighted by atomic mass is 10.1. The van der Waals surface area contributed by atoms with Gasteiger partial charge >= 0.3 is 0 Å². The van der Waals surface area contributed by atoms with E-state index in [0.29, 0.717) is 5.78 Å². The molecule has 5 nitrogen and oxygen atoms in total. The molecular formula is C14H15N5. The van der Waals surface area contributed by atoms with Crippen molar-refractivity contribution in [1.29, 1.82) is 0 Å². The third-order valence-electron chi connectivity index (χ3n) is 2.88. The Labute approximate surface area is 111 Å². The van der Waals surface area contributed by atoms with Gasteiger partial charge in [-0.05, 0) is 6.42 Å². The summed E-state index contributed by atoms with van der Waals surface area (Å²) in [5.41, 5.74) is 1.98. The molecule has 0 fully saturated rings. The van der Waals surface area contributed by atoms with E-state index in [1.165, 1.54) is 6.33 Å². The van der Waals surface area contributed by atoms with Crippen LogP contribution in [0.15, 0.2) is 42.7 Å². The first kappa shape index (κ1) is 11.6. The Morgan fingerprint density at radius 2 is 2.05 bits per heavy atom. The van der Waals surface area contributed by atoms with Gasteiger partial charge in [-0.15, -0.1) is 0 Å². The minimum Gasteiger partial charge on any atom is -0.370 e. The lowest BCUT2D eigenvalue weighted by Crippen LogP contribution is -2.07. The molecule has 5 heteroatoms. The van der Waals surface area contributed by atoms with Gasteiger partial charge in [-0.3, -0.25) is 0 Å². The van der Waals surface area contributed by atoms with Gasteiger partial charge in [0.15, 0.2) is 0 Å². The van der Waals surface area contributed by atoms with Crippen molar-refractivity contribution in [2.24, 2.45) is 0 Å². The van der Waals surface area contributed by atoms with E-state index in [9.17, 15) is 0 Å². The van der Waals surface area contributed by atoms with Crippen LogP contribution in [-0.2, 0) is 0 Å². The van der Waals surface area contributed by atoms with Crippen LogP contribution in [-0.4, -0.2) is 26.1 Å². The van der Waals surface area contributed by atoms with Crippen LogP contribution < -0.4 is 5.32 Å². The molecular weight excluding hydrogens is 238 g/mol. The molecule has 0 atom stereocenters. The van der Waals surface area contributed by atoms with E-state index in [-0.39, 0.29) is 0 Å². The summed E-state index contributed by atoms with van der Waals surface area (Å²) in [5, 5.41) is 7.54. The zero-order valence-electron chi connectivity index (χ0n) is 10.7. The summed E-state index contributed by atoms with van der Waals surface area (Å²) in [6, 6.07) is 12.1. The topological polar surface area (TPSA) is 55.1 Å². The van der Waals surface area contributed by atoms with Gasteiger partial charge in [-0.2, -0.15) is 14.6 Å². The third-order valence-corrected chi connectivity index (χ3v) is 2.88. The zero-order valence-corrected chi connectivity index (χ0v) is 10.7. The van der Waals surface area contributed by atoms with Crippen molar-refractivity contribution in [1.82, 2.24) is 19.6 Å². The van der Waals surface area contributed by atoms with Crippen molar-refractivity contribution in [3.8, 4) is 11.3 Å². The van der Waals surface area contributed by atoms with Crippen LogP contribution in [0.5, 0.6) is 0 Å². The van der Waals surface area contributed by atoms with Crippen molar-refractivity contribution >= 4 is 11.6 Å². The molecule has 3 rings (SSSR count). The highest BCUT2D eigenvalue weighted by Gasteiger charge is 2.08. The number of rotatable bonds is 4. The Kier molecular flexibility index (Phi) is 3.10. The van der Waals surface area contributed by atoms with Gasteiger partial charge in [0.2, 0.25) is 0 Å². The summed E-state index contributed by atoms with van der Waals surface area (Å²) < 4.78 is 1.72. The van der Waals surface area contributed by atoms with Gasteiger partial charge < -0.3 is 5.32 Å². The van der Waals surface area contributed by atoms with E-state index < -0.39 is 0 Å². The minimum absolute atomic E-state index is 0.611. The predicted octanol–water partition coefficient (Wildman–Crippen LogP) is 2.61. The van der Waals surface area contributed by atoms with E-state index in [1.807, 2.05) is 36.4 Å². The monoisotopic (exact) mass is 253 g/mol. The Hall–Kier alpha value is -2.43. The first-order chi connectivity index (χ1) is 9.38. The van der Waals surface area contributed by atoms with Crippen molar-refractivity contribution in [2.45, 2.75) is 13.3 Å². The summed E-state index contributed by atoms with van der Waals surface area (Å²) in [4.78, 5) is 8.70. The molecule has 96 valence electrons. The van der Waals surface area contributed by atoms with E-state index >= 15 is 0 Å². The van der Waals surface area contributed by atoms with Crippen molar-refractivity contribution < 1.29 is 0 Å². The smallest absolute Gasteiger partial charge is 0.254 e. The second-order valence-corrected chi connectivity index (χ2v) is 4.29. The Balaban J connectivity index is 2.11. The SMILES string of the molecule is CCCNc1cc(-c2ccccc2)nc2ncnn12. The molecule has 19 heavy (non-hydrogen) atoms. The first-order valence-electron chi connectivity index (χ1n) is 6.38. The maximum Gasteiger partial charge on any atom is 0.254 e. The van der Waals surface area contributed by atoms with Crippen LogP contribution in [0.1, 0.15) is 13.3 Å². The average Bonchev–Trinajstić information content (AvgIpc) is 2.94. The molecule has 0 amide bonds. The number of fused-ring (bicyclic) bond motifs is 1. The highest BCUT2D eigenvalue weighted by atomic mass is 15.3. The number of aromatic nitrogens is 4. The van der Waals surface area contributed by atoms with E-state index in [1.54, 1.807) is 4.52 Å². The molecule has 0 unspecified atom stereocenters. The van der Waals surface area contributed by atoms with Crippen LogP contribution in [0.25, 0.3) is 17.0 Å². The fourth-order valence-electron chi connectivity index (χ4n) is 1.95. The van der Waals surface area contributed by atoms with Crippen molar-refractivity contribution in [3.63, 3.8) is 0 Å². The van der Waals surface area contributed by atoms with Crippen molar-refractivity contribution in [3.05, 3.63) is 42.7 Å². The van der Waals surface area contributed by atoms with Crippen LogP contribution in [0, 0.1) is 0 Å². The van der Waals surface area contributed by atoms with Gasteiger partial charge in [0.1, 0.15) is 12.1 Å². The largest absolute Gasteiger partial charge is 0.370 e. The molecule has 3 aromatic rings. The molecule has 0 aliphatic rings. The second-order valence-electron chi connectivity index (χ2n) is 4.29. The maximum absolute atomic E-state index is 4.52. The lowest BCUT2D eigenvalue weighted by molar-refractivity contribution is 0.903. The Morgan fingerprint density at radius 1 is 1.21 bits per heavy atom. The molecule has 0 aliphatic heterocycles. The van der Waals surface area contributed by atoms with Crippen LogP contribution in [0.4, 0.5) is 5.82 Å². The summed E-state index contributed by atoms with van der Waals surface area (Å²) in [6.07, 6.45) is 2.58. The van der Waals surface area contributed by atoms with E-state index in [2.05, 4.69) is 27.3 Å².